The summed E-state index contributed by atoms with van der Waals surface area (Å²) in [4.78, 5) is 25.8. The van der Waals surface area contributed by atoms with E-state index in [-0.39, 0.29) is 5.78 Å². The highest BCUT2D eigenvalue weighted by atomic mass is 16.4. The van der Waals surface area contributed by atoms with E-state index in [1.54, 1.807) is 6.92 Å². The molecule has 0 amide bonds. The molecule has 1 aliphatic heterocycles. The zero-order valence-corrected chi connectivity index (χ0v) is 16.8. The van der Waals surface area contributed by atoms with E-state index >= 15 is 0 Å². The number of Topliss-reactive ketones (excluding diaryl/α,β-unsaturated/α-hetero) is 1. The third-order valence-electron chi connectivity index (χ3n) is 5.61. The molecule has 148 valence electrons. The quantitative estimate of drug-likeness (QED) is 0.641. The van der Waals surface area contributed by atoms with Crippen LogP contribution >= 0.6 is 0 Å². The molecule has 3 rings (SSSR count). The fourth-order valence-electron chi connectivity index (χ4n) is 3.78. The number of fused-ring (bicyclic) bond motifs is 1. The smallest absolute Gasteiger partial charge is 0.310 e. The molecule has 1 unspecified atom stereocenters. The van der Waals surface area contributed by atoms with E-state index in [4.69, 9.17) is 5.11 Å². The molecule has 28 heavy (non-hydrogen) atoms. The molecular weight excluding hydrogens is 350 g/mol. The topological polar surface area (TPSA) is 57.6 Å². The van der Waals surface area contributed by atoms with Gasteiger partial charge >= 0.3 is 5.97 Å². The predicted octanol–water partition coefficient (Wildman–Crippen LogP) is 5.20. The Labute approximate surface area is 167 Å². The first-order valence-electron chi connectivity index (χ1n) is 10.2. The van der Waals surface area contributed by atoms with Gasteiger partial charge in [0.1, 0.15) is 0 Å². The molecule has 1 atom stereocenters. The first kappa shape index (κ1) is 20.1. The van der Waals surface area contributed by atoms with Gasteiger partial charge in [0.05, 0.1) is 12.5 Å². The maximum Gasteiger partial charge on any atom is 0.310 e. The number of carbonyl (C=O) groups excluding carboxylic acids is 1. The third-order valence-corrected chi connectivity index (χ3v) is 5.61. The Kier molecular flexibility index (Phi) is 6.50. The van der Waals surface area contributed by atoms with Crippen molar-refractivity contribution in [1.82, 2.24) is 0 Å². The Bertz CT molecular complexity index is 841. The minimum Gasteiger partial charge on any atom is -0.481 e. The number of ketones is 1. The zero-order valence-electron chi connectivity index (χ0n) is 16.8. The van der Waals surface area contributed by atoms with Crippen LogP contribution in [0.25, 0.3) is 0 Å². The van der Waals surface area contributed by atoms with Gasteiger partial charge in [-0.05, 0) is 48.6 Å². The van der Waals surface area contributed by atoms with Crippen LogP contribution in [0.4, 0.5) is 5.69 Å². The fourth-order valence-corrected chi connectivity index (χ4v) is 3.78. The first-order chi connectivity index (χ1) is 13.5. The van der Waals surface area contributed by atoms with Crippen molar-refractivity contribution in [3.63, 3.8) is 0 Å². The summed E-state index contributed by atoms with van der Waals surface area (Å²) in [5.74, 6) is -1.23. The number of carboxylic acids is 1. The van der Waals surface area contributed by atoms with E-state index in [1.165, 1.54) is 31.2 Å². The van der Waals surface area contributed by atoms with Gasteiger partial charge in [-0.3, -0.25) is 9.59 Å². The van der Waals surface area contributed by atoms with Gasteiger partial charge < -0.3 is 10.0 Å². The van der Waals surface area contributed by atoms with Crippen LogP contribution < -0.4 is 4.90 Å². The van der Waals surface area contributed by atoms with Crippen molar-refractivity contribution < 1.29 is 14.7 Å². The van der Waals surface area contributed by atoms with Gasteiger partial charge in [-0.15, -0.1) is 0 Å². The molecule has 4 heteroatoms. The summed E-state index contributed by atoms with van der Waals surface area (Å²) in [6, 6.07) is 13.8. The second kappa shape index (κ2) is 9.05. The van der Waals surface area contributed by atoms with Gasteiger partial charge in [-0.2, -0.15) is 0 Å². The van der Waals surface area contributed by atoms with Crippen molar-refractivity contribution in [1.29, 1.82) is 0 Å². The number of hydrogen-bond donors (Lipinski definition) is 1. The van der Waals surface area contributed by atoms with Crippen LogP contribution in [0, 0.1) is 0 Å². The van der Waals surface area contributed by atoms with E-state index in [9.17, 15) is 9.59 Å². The Hall–Kier alpha value is -2.62. The van der Waals surface area contributed by atoms with E-state index in [1.807, 2.05) is 30.3 Å². The monoisotopic (exact) mass is 379 g/mol. The Morgan fingerprint density at radius 3 is 2.50 bits per heavy atom. The molecule has 0 aromatic heterocycles. The van der Waals surface area contributed by atoms with Crippen molar-refractivity contribution in [2.75, 3.05) is 11.4 Å². The zero-order chi connectivity index (χ0) is 20.1. The molecule has 4 nitrogen and oxygen atoms in total. The number of unbranched alkanes of at least 4 members (excludes halogenated alkanes) is 3. The Balaban J connectivity index is 1.73. The molecule has 0 aliphatic carbocycles. The number of carbonyl (C=O) groups is 2. The molecule has 2 aromatic rings. The molecule has 1 heterocycles. The van der Waals surface area contributed by atoms with Crippen LogP contribution in [-0.2, 0) is 17.8 Å². The summed E-state index contributed by atoms with van der Waals surface area (Å²) in [5.41, 5.74) is 4.95. The van der Waals surface area contributed by atoms with Crippen LogP contribution in [0.1, 0.15) is 72.5 Å². The van der Waals surface area contributed by atoms with E-state index in [0.717, 1.165) is 28.8 Å². The lowest BCUT2D eigenvalue weighted by Gasteiger charge is -2.30. The van der Waals surface area contributed by atoms with E-state index in [2.05, 4.69) is 24.0 Å². The number of nitrogens with zero attached hydrogens (tertiary/aromatic N) is 1. The van der Waals surface area contributed by atoms with Crippen LogP contribution in [0.3, 0.4) is 0 Å². The summed E-state index contributed by atoms with van der Waals surface area (Å²) < 4.78 is 0. The maximum absolute atomic E-state index is 12.6. The lowest BCUT2D eigenvalue weighted by molar-refractivity contribution is -0.138. The summed E-state index contributed by atoms with van der Waals surface area (Å²) in [6.07, 6.45) is 6.00. The molecule has 1 aliphatic rings. The second-order valence-electron chi connectivity index (χ2n) is 7.73. The normalized spacial score (nSPS) is 14.6. The summed E-state index contributed by atoms with van der Waals surface area (Å²) in [7, 11) is 0. The van der Waals surface area contributed by atoms with Crippen LogP contribution in [0.2, 0.25) is 0 Å². The van der Waals surface area contributed by atoms with Gasteiger partial charge in [0.2, 0.25) is 0 Å². The van der Waals surface area contributed by atoms with Gasteiger partial charge in [0, 0.05) is 17.8 Å². The molecule has 1 N–H and O–H groups in total. The average molecular weight is 380 g/mol. The number of anilines is 1. The summed E-state index contributed by atoms with van der Waals surface area (Å²) in [5, 5.41) is 9.16. The molecule has 0 spiro atoms. The van der Waals surface area contributed by atoms with Crippen molar-refractivity contribution in [3.05, 3.63) is 64.7 Å². The standard InChI is InChI=1S/C24H29NO3/c1-3-4-5-6-7-18-8-13-22-20(14-18)15-25(16-23(22)26)21-11-9-19(10-12-21)17(2)24(27)28/h8-14,17H,3-7,15-16H2,1-2H3,(H,27,28). The molecule has 0 fully saturated rings. The number of benzene rings is 2. The highest BCUT2D eigenvalue weighted by Crippen LogP contribution is 2.27. The van der Waals surface area contributed by atoms with Crippen LogP contribution in [0.5, 0.6) is 0 Å². The summed E-state index contributed by atoms with van der Waals surface area (Å²) in [6.45, 7) is 4.96. The van der Waals surface area contributed by atoms with Crippen molar-refractivity contribution >= 4 is 17.4 Å². The van der Waals surface area contributed by atoms with Gasteiger partial charge in [-0.25, -0.2) is 0 Å². The molecule has 2 aromatic carbocycles. The van der Waals surface area contributed by atoms with E-state index < -0.39 is 11.9 Å². The minimum atomic E-state index is -0.832. The van der Waals surface area contributed by atoms with Crippen LogP contribution in [-0.4, -0.2) is 23.4 Å². The van der Waals surface area contributed by atoms with Gasteiger partial charge in [0.15, 0.2) is 5.78 Å². The fraction of sp³-hybridized carbons (Fsp3) is 0.417. The van der Waals surface area contributed by atoms with E-state index in [0.29, 0.717) is 13.1 Å². The number of aliphatic carboxylic acids is 1. The van der Waals surface area contributed by atoms with Crippen LogP contribution in [0.15, 0.2) is 42.5 Å². The highest BCUT2D eigenvalue weighted by molar-refractivity contribution is 6.02. The highest BCUT2D eigenvalue weighted by Gasteiger charge is 2.24. The van der Waals surface area contributed by atoms with Gasteiger partial charge in [-0.1, -0.05) is 56.5 Å². The first-order valence-corrected chi connectivity index (χ1v) is 10.2. The number of carboxylic acid groups (broad SMARTS) is 1. The molecule has 0 saturated heterocycles. The minimum absolute atomic E-state index is 0.141. The molecule has 0 saturated carbocycles. The third kappa shape index (κ3) is 4.61. The Morgan fingerprint density at radius 2 is 1.82 bits per heavy atom. The molecule has 0 bridgehead atoms. The maximum atomic E-state index is 12.6. The number of hydrogen-bond acceptors (Lipinski definition) is 3. The summed E-state index contributed by atoms with van der Waals surface area (Å²) >= 11 is 0. The van der Waals surface area contributed by atoms with Crippen molar-refractivity contribution in [2.45, 2.75) is 58.4 Å². The Morgan fingerprint density at radius 1 is 1.07 bits per heavy atom. The molecular formula is C24H29NO3. The number of aryl methyl sites for hydroxylation is 1. The largest absolute Gasteiger partial charge is 0.481 e. The van der Waals surface area contributed by atoms with Crippen molar-refractivity contribution in [2.24, 2.45) is 0 Å². The number of rotatable bonds is 8. The lowest BCUT2D eigenvalue weighted by atomic mass is 9.94. The SMILES string of the molecule is CCCCCCc1ccc2c(c1)CN(c1ccc(C(C)C(=O)O)cc1)CC2=O. The molecule has 0 radical (unpaired) electrons. The predicted molar refractivity (Wildman–Crippen MR) is 112 cm³/mol. The lowest BCUT2D eigenvalue weighted by Crippen LogP contribution is -2.35. The average Bonchev–Trinajstić information content (AvgIpc) is 2.70. The van der Waals surface area contributed by atoms with Gasteiger partial charge in [0.25, 0.3) is 0 Å². The second-order valence-corrected chi connectivity index (χ2v) is 7.73. The van der Waals surface area contributed by atoms with Crippen molar-refractivity contribution in [3.8, 4) is 0 Å².